The Bertz CT molecular complexity index is 686. The molecule has 0 heterocycles. The SMILES string of the molecule is NCc1cccc(NC(=O)COc2ccccc2C(N)=O)c1. The second-order valence-corrected chi connectivity index (χ2v) is 4.60. The molecular formula is C16H17N3O3. The molecule has 2 aromatic carbocycles. The highest BCUT2D eigenvalue weighted by Crippen LogP contribution is 2.17. The number of anilines is 1. The molecule has 2 rings (SSSR count). The van der Waals surface area contributed by atoms with Gasteiger partial charge in [-0.3, -0.25) is 9.59 Å². The molecule has 22 heavy (non-hydrogen) atoms. The van der Waals surface area contributed by atoms with Crippen LogP contribution in [-0.2, 0) is 11.3 Å². The van der Waals surface area contributed by atoms with Crippen molar-refractivity contribution in [2.45, 2.75) is 6.54 Å². The Morgan fingerprint density at radius 1 is 1.09 bits per heavy atom. The van der Waals surface area contributed by atoms with Gasteiger partial charge in [-0.05, 0) is 29.8 Å². The van der Waals surface area contributed by atoms with Gasteiger partial charge in [-0.1, -0.05) is 24.3 Å². The Morgan fingerprint density at radius 3 is 2.59 bits per heavy atom. The second kappa shape index (κ2) is 7.24. The lowest BCUT2D eigenvalue weighted by molar-refractivity contribution is -0.118. The average Bonchev–Trinajstić information content (AvgIpc) is 2.53. The maximum Gasteiger partial charge on any atom is 0.262 e. The topological polar surface area (TPSA) is 107 Å². The highest BCUT2D eigenvalue weighted by molar-refractivity contribution is 5.96. The Morgan fingerprint density at radius 2 is 1.86 bits per heavy atom. The lowest BCUT2D eigenvalue weighted by Crippen LogP contribution is -2.21. The zero-order chi connectivity index (χ0) is 15.9. The van der Waals surface area contributed by atoms with Crippen LogP contribution < -0.4 is 21.5 Å². The van der Waals surface area contributed by atoms with Crippen LogP contribution in [0, 0.1) is 0 Å². The fourth-order valence-corrected chi connectivity index (χ4v) is 1.91. The summed E-state index contributed by atoms with van der Waals surface area (Å²) >= 11 is 0. The lowest BCUT2D eigenvalue weighted by atomic mass is 10.2. The van der Waals surface area contributed by atoms with E-state index < -0.39 is 5.91 Å². The molecule has 0 bridgehead atoms. The van der Waals surface area contributed by atoms with Crippen LogP contribution in [0.2, 0.25) is 0 Å². The minimum Gasteiger partial charge on any atom is -0.483 e. The van der Waals surface area contributed by atoms with Gasteiger partial charge in [0.1, 0.15) is 5.75 Å². The molecule has 5 N–H and O–H groups in total. The Balaban J connectivity index is 1.97. The fraction of sp³-hybridized carbons (Fsp3) is 0.125. The van der Waals surface area contributed by atoms with E-state index in [-0.39, 0.29) is 23.8 Å². The van der Waals surface area contributed by atoms with Gasteiger partial charge < -0.3 is 21.5 Å². The summed E-state index contributed by atoms with van der Waals surface area (Å²) in [5, 5.41) is 2.70. The van der Waals surface area contributed by atoms with Crippen LogP contribution in [0.5, 0.6) is 5.75 Å². The predicted octanol–water partition coefficient (Wildman–Crippen LogP) is 1.26. The molecule has 2 amide bonds. The van der Waals surface area contributed by atoms with Crippen LogP contribution in [-0.4, -0.2) is 18.4 Å². The predicted molar refractivity (Wildman–Crippen MR) is 83.4 cm³/mol. The zero-order valence-corrected chi connectivity index (χ0v) is 11.9. The third kappa shape index (κ3) is 4.07. The minimum absolute atomic E-state index is 0.225. The van der Waals surface area contributed by atoms with Gasteiger partial charge in [0.15, 0.2) is 6.61 Å². The van der Waals surface area contributed by atoms with E-state index in [0.29, 0.717) is 12.2 Å². The molecule has 0 atom stereocenters. The summed E-state index contributed by atoms with van der Waals surface area (Å²) in [5.41, 5.74) is 12.6. The van der Waals surface area contributed by atoms with Gasteiger partial charge in [-0.15, -0.1) is 0 Å². The molecule has 0 fully saturated rings. The zero-order valence-electron chi connectivity index (χ0n) is 11.9. The number of hydrogen-bond donors (Lipinski definition) is 3. The lowest BCUT2D eigenvalue weighted by Gasteiger charge is -2.10. The first-order valence-corrected chi connectivity index (χ1v) is 6.70. The minimum atomic E-state index is -0.605. The normalized spacial score (nSPS) is 10.0. The van der Waals surface area contributed by atoms with Gasteiger partial charge in [0.05, 0.1) is 5.56 Å². The van der Waals surface area contributed by atoms with E-state index in [0.717, 1.165) is 5.56 Å². The molecule has 0 saturated carbocycles. The van der Waals surface area contributed by atoms with Crippen molar-refractivity contribution in [3.63, 3.8) is 0 Å². The van der Waals surface area contributed by atoms with Crippen molar-refractivity contribution in [2.24, 2.45) is 11.5 Å². The summed E-state index contributed by atoms with van der Waals surface area (Å²) in [6.07, 6.45) is 0. The number of nitrogens with two attached hydrogens (primary N) is 2. The van der Waals surface area contributed by atoms with Crippen molar-refractivity contribution in [3.8, 4) is 5.75 Å². The molecule has 0 aliphatic rings. The first kappa shape index (κ1) is 15.5. The summed E-state index contributed by atoms with van der Waals surface area (Å²) in [5.74, 6) is -0.666. The van der Waals surface area contributed by atoms with Crippen molar-refractivity contribution >= 4 is 17.5 Å². The largest absolute Gasteiger partial charge is 0.483 e. The maximum absolute atomic E-state index is 11.9. The van der Waals surface area contributed by atoms with Crippen LogP contribution >= 0.6 is 0 Å². The smallest absolute Gasteiger partial charge is 0.262 e. The van der Waals surface area contributed by atoms with Gasteiger partial charge in [0.25, 0.3) is 11.8 Å². The van der Waals surface area contributed by atoms with Gasteiger partial charge in [0.2, 0.25) is 0 Å². The summed E-state index contributed by atoms with van der Waals surface area (Å²) in [6.45, 7) is 0.170. The van der Waals surface area contributed by atoms with Crippen molar-refractivity contribution in [1.29, 1.82) is 0 Å². The molecular weight excluding hydrogens is 282 g/mol. The average molecular weight is 299 g/mol. The number of nitrogens with one attached hydrogen (secondary N) is 1. The second-order valence-electron chi connectivity index (χ2n) is 4.60. The van der Waals surface area contributed by atoms with Crippen LogP contribution in [0.3, 0.4) is 0 Å². The Kier molecular flexibility index (Phi) is 5.11. The summed E-state index contributed by atoms with van der Waals surface area (Å²) in [7, 11) is 0. The number of rotatable bonds is 6. The molecule has 0 spiro atoms. The molecule has 0 aliphatic heterocycles. The molecule has 114 valence electrons. The monoisotopic (exact) mass is 299 g/mol. The number of carbonyl (C=O) groups is 2. The number of para-hydroxylation sites is 1. The van der Waals surface area contributed by atoms with Crippen LogP contribution in [0.15, 0.2) is 48.5 Å². The van der Waals surface area contributed by atoms with E-state index in [1.165, 1.54) is 0 Å². The number of carbonyl (C=O) groups excluding carboxylic acids is 2. The molecule has 6 nitrogen and oxygen atoms in total. The highest BCUT2D eigenvalue weighted by Gasteiger charge is 2.10. The van der Waals surface area contributed by atoms with Crippen LogP contribution in [0.4, 0.5) is 5.69 Å². The van der Waals surface area contributed by atoms with Crippen molar-refractivity contribution in [1.82, 2.24) is 0 Å². The number of amides is 2. The molecule has 0 aromatic heterocycles. The summed E-state index contributed by atoms with van der Waals surface area (Å²) < 4.78 is 5.35. The molecule has 0 aliphatic carbocycles. The van der Waals surface area contributed by atoms with E-state index in [1.807, 2.05) is 6.07 Å². The summed E-state index contributed by atoms with van der Waals surface area (Å²) in [6, 6.07) is 13.7. The van der Waals surface area contributed by atoms with Crippen LogP contribution in [0.25, 0.3) is 0 Å². The highest BCUT2D eigenvalue weighted by atomic mass is 16.5. The third-order valence-electron chi connectivity index (χ3n) is 2.96. The quantitative estimate of drug-likeness (QED) is 0.746. The number of benzene rings is 2. The van der Waals surface area contributed by atoms with E-state index in [9.17, 15) is 9.59 Å². The van der Waals surface area contributed by atoms with E-state index in [2.05, 4.69) is 5.32 Å². The van der Waals surface area contributed by atoms with Gasteiger partial charge in [-0.2, -0.15) is 0 Å². The molecule has 0 unspecified atom stereocenters. The van der Waals surface area contributed by atoms with Crippen LogP contribution in [0.1, 0.15) is 15.9 Å². The molecule has 2 aromatic rings. The standard InChI is InChI=1S/C16H17N3O3/c17-9-11-4-3-5-12(8-11)19-15(20)10-22-14-7-2-1-6-13(14)16(18)21/h1-8H,9-10,17H2,(H2,18,21)(H,19,20). The molecule has 0 radical (unpaired) electrons. The van der Waals surface area contributed by atoms with E-state index in [4.69, 9.17) is 16.2 Å². The molecule has 0 saturated heterocycles. The van der Waals surface area contributed by atoms with Crippen molar-refractivity contribution in [3.05, 3.63) is 59.7 Å². The Labute approximate surface area is 128 Å². The van der Waals surface area contributed by atoms with Crippen molar-refractivity contribution in [2.75, 3.05) is 11.9 Å². The summed E-state index contributed by atoms with van der Waals surface area (Å²) in [4.78, 5) is 23.1. The van der Waals surface area contributed by atoms with E-state index in [1.54, 1.807) is 42.5 Å². The van der Waals surface area contributed by atoms with Gasteiger partial charge in [-0.25, -0.2) is 0 Å². The third-order valence-corrected chi connectivity index (χ3v) is 2.96. The van der Waals surface area contributed by atoms with Crippen molar-refractivity contribution < 1.29 is 14.3 Å². The maximum atomic E-state index is 11.9. The number of hydrogen-bond acceptors (Lipinski definition) is 4. The van der Waals surface area contributed by atoms with Gasteiger partial charge >= 0.3 is 0 Å². The number of primary amides is 1. The van der Waals surface area contributed by atoms with Gasteiger partial charge in [0, 0.05) is 12.2 Å². The molecule has 6 heteroatoms. The Hall–Kier alpha value is -2.86. The fourth-order valence-electron chi connectivity index (χ4n) is 1.91. The van der Waals surface area contributed by atoms with E-state index >= 15 is 0 Å². The first-order valence-electron chi connectivity index (χ1n) is 6.70. The number of ether oxygens (including phenoxy) is 1. The first-order chi connectivity index (χ1) is 10.6.